The molecule has 0 aromatic carbocycles. The largest absolute Gasteiger partial charge is 0.350 e. The minimum absolute atomic E-state index is 0.00380. The smallest absolute Gasteiger partial charge is 0.267 e. The van der Waals surface area contributed by atoms with Crippen molar-refractivity contribution >= 4 is 27.5 Å². The van der Waals surface area contributed by atoms with Crippen molar-refractivity contribution in [2.24, 2.45) is 0 Å². The first kappa shape index (κ1) is 15.4. The summed E-state index contributed by atoms with van der Waals surface area (Å²) in [6, 6.07) is 8.28. The maximum atomic E-state index is 12.4. The monoisotopic (exact) mass is 340 g/mol. The lowest BCUT2D eigenvalue weighted by Crippen LogP contribution is -2.44. The van der Waals surface area contributed by atoms with Gasteiger partial charge in [-0.15, -0.1) is 11.3 Å². The summed E-state index contributed by atoms with van der Waals surface area (Å²) in [7, 11) is 0. The second-order valence-corrected chi connectivity index (χ2v) is 7.21. The molecule has 6 heteroatoms. The van der Waals surface area contributed by atoms with Crippen LogP contribution in [-0.4, -0.2) is 39.9 Å². The number of likely N-dealkylation sites (tertiary alicyclic amines) is 1. The number of hydrogen-bond donors (Lipinski definition) is 2. The van der Waals surface area contributed by atoms with Crippen molar-refractivity contribution in [2.45, 2.75) is 25.4 Å². The van der Waals surface area contributed by atoms with Gasteiger partial charge in [0.1, 0.15) is 5.69 Å². The molecule has 1 amide bonds. The van der Waals surface area contributed by atoms with Gasteiger partial charge < -0.3 is 10.3 Å². The fraction of sp³-hybridized carbons (Fsp3) is 0.333. The van der Waals surface area contributed by atoms with Gasteiger partial charge >= 0.3 is 0 Å². The van der Waals surface area contributed by atoms with Crippen molar-refractivity contribution in [1.82, 2.24) is 20.2 Å². The van der Waals surface area contributed by atoms with E-state index in [-0.39, 0.29) is 11.9 Å². The summed E-state index contributed by atoms with van der Waals surface area (Å²) in [6.07, 6.45) is 5.70. The number of thiophene rings is 1. The summed E-state index contributed by atoms with van der Waals surface area (Å²) >= 11 is 1.65. The van der Waals surface area contributed by atoms with E-state index in [1.54, 1.807) is 17.5 Å². The highest BCUT2D eigenvalue weighted by atomic mass is 32.1. The Hall–Kier alpha value is -2.18. The molecule has 1 aliphatic rings. The third-order valence-corrected chi connectivity index (χ3v) is 5.40. The van der Waals surface area contributed by atoms with Crippen molar-refractivity contribution in [3.05, 3.63) is 53.3 Å². The van der Waals surface area contributed by atoms with Crippen LogP contribution in [0.2, 0.25) is 0 Å². The first-order valence-corrected chi connectivity index (χ1v) is 9.14. The van der Waals surface area contributed by atoms with Gasteiger partial charge in [0, 0.05) is 38.1 Å². The van der Waals surface area contributed by atoms with Crippen LogP contribution in [0.1, 0.15) is 28.9 Å². The summed E-state index contributed by atoms with van der Waals surface area (Å²) in [6.45, 7) is 2.93. The molecule has 0 aliphatic carbocycles. The van der Waals surface area contributed by atoms with Gasteiger partial charge in [-0.2, -0.15) is 0 Å². The summed E-state index contributed by atoms with van der Waals surface area (Å²) in [5.41, 5.74) is 2.94. The van der Waals surface area contributed by atoms with Crippen LogP contribution in [-0.2, 0) is 6.54 Å². The maximum absolute atomic E-state index is 12.4. The van der Waals surface area contributed by atoms with Crippen LogP contribution in [0.4, 0.5) is 0 Å². The predicted molar refractivity (Wildman–Crippen MR) is 96.2 cm³/mol. The Morgan fingerprint density at radius 3 is 3.00 bits per heavy atom. The summed E-state index contributed by atoms with van der Waals surface area (Å²) in [5.74, 6) is 0.00380. The van der Waals surface area contributed by atoms with Crippen LogP contribution >= 0.6 is 11.3 Å². The Kier molecular flexibility index (Phi) is 4.32. The molecule has 5 nitrogen and oxygen atoms in total. The number of pyridine rings is 1. The molecule has 0 bridgehead atoms. The van der Waals surface area contributed by atoms with E-state index in [9.17, 15) is 4.79 Å². The van der Waals surface area contributed by atoms with Gasteiger partial charge in [0.25, 0.3) is 5.91 Å². The van der Waals surface area contributed by atoms with E-state index in [1.165, 1.54) is 5.56 Å². The molecule has 4 heterocycles. The fourth-order valence-corrected chi connectivity index (χ4v) is 4.00. The molecule has 0 spiro atoms. The summed E-state index contributed by atoms with van der Waals surface area (Å²) < 4.78 is 1.13. The van der Waals surface area contributed by atoms with E-state index < -0.39 is 0 Å². The molecule has 0 unspecified atom stereocenters. The first-order chi connectivity index (χ1) is 11.8. The van der Waals surface area contributed by atoms with E-state index in [4.69, 9.17) is 0 Å². The quantitative estimate of drug-likeness (QED) is 0.767. The number of aromatic amines is 1. The highest BCUT2D eigenvalue weighted by molar-refractivity contribution is 7.17. The van der Waals surface area contributed by atoms with E-state index in [2.05, 4.69) is 26.3 Å². The first-order valence-electron chi connectivity index (χ1n) is 8.26. The Morgan fingerprint density at radius 1 is 1.38 bits per heavy atom. The molecule has 1 saturated heterocycles. The van der Waals surface area contributed by atoms with Gasteiger partial charge in [-0.3, -0.25) is 14.7 Å². The SMILES string of the molecule is O=C(NC1CCN(Cc2cccnc2)CC1)c1cc2sccc2[nH]1. The Morgan fingerprint density at radius 2 is 2.25 bits per heavy atom. The number of carbonyl (C=O) groups excluding carboxylic acids is 1. The van der Waals surface area contributed by atoms with Crippen LogP contribution in [0.5, 0.6) is 0 Å². The van der Waals surface area contributed by atoms with Gasteiger partial charge in [0.05, 0.1) is 10.2 Å². The van der Waals surface area contributed by atoms with Crippen molar-refractivity contribution in [2.75, 3.05) is 13.1 Å². The second-order valence-electron chi connectivity index (χ2n) is 6.27. The number of rotatable bonds is 4. The molecule has 3 aromatic rings. The fourth-order valence-electron chi connectivity index (χ4n) is 3.22. The minimum atomic E-state index is 0.00380. The number of amides is 1. The van der Waals surface area contributed by atoms with Crippen molar-refractivity contribution in [3.63, 3.8) is 0 Å². The number of fused-ring (bicyclic) bond motifs is 1. The molecule has 4 rings (SSSR count). The van der Waals surface area contributed by atoms with Gasteiger partial charge in [0.2, 0.25) is 0 Å². The third kappa shape index (κ3) is 3.34. The highest BCUT2D eigenvalue weighted by Crippen LogP contribution is 2.21. The van der Waals surface area contributed by atoms with Crippen LogP contribution in [0.25, 0.3) is 10.2 Å². The van der Waals surface area contributed by atoms with Gasteiger partial charge in [-0.05, 0) is 42.0 Å². The van der Waals surface area contributed by atoms with Gasteiger partial charge in [-0.1, -0.05) is 6.07 Å². The van der Waals surface area contributed by atoms with Gasteiger partial charge in [-0.25, -0.2) is 0 Å². The molecule has 0 radical (unpaired) electrons. The molecule has 2 N–H and O–H groups in total. The van der Waals surface area contributed by atoms with Crippen molar-refractivity contribution < 1.29 is 4.79 Å². The standard InChI is InChI=1S/C18H20N4OS/c23-18(16-10-17-15(21-16)5-9-24-17)20-14-3-7-22(8-4-14)12-13-2-1-6-19-11-13/h1-2,5-6,9-11,14,21H,3-4,7-8,12H2,(H,20,23). The number of piperidine rings is 1. The number of carbonyl (C=O) groups is 1. The predicted octanol–water partition coefficient (Wildman–Crippen LogP) is 3.02. The van der Waals surface area contributed by atoms with Crippen LogP contribution in [0, 0.1) is 0 Å². The lowest BCUT2D eigenvalue weighted by atomic mass is 10.0. The van der Waals surface area contributed by atoms with Crippen LogP contribution in [0.3, 0.4) is 0 Å². The molecule has 24 heavy (non-hydrogen) atoms. The molecule has 1 aliphatic heterocycles. The molecule has 0 saturated carbocycles. The number of nitrogens with one attached hydrogen (secondary N) is 2. The minimum Gasteiger partial charge on any atom is -0.350 e. The molecule has 3 aromatic heterocycles. The van der Waals surface area contributed by atoms with E-state index in [0.29, 0.717) is 5.69 Å². The zero-order chi connectivity index (χ0) is 16.4. The van der Waals surface area contributed by atoms with E-state index in [0.717, 1.165) is 42.7 Å². The maximum Gasteiger partial charge on any atom is 0.267 e. The molecular weight excluding hydrogens is 320 g/mol. The van der Waals surface area contributed by atoms with E-state index >= 15 is 0 Å². The van der Waals surface area contributed by atoms with Crippen LogP contribution in [0.15, 0.2) is 42.0 Å². The topological polar surface area (TPSA) is 61.0 Å². The molecular formula is C18H20N4OS. The highest BCUT2D eigenvalue weighted by Gasteiger charge is 2.22. The number of H-pyrrole nitrogens is 1. The molecule has 124 valence electrons. The lowest BCUT2D eigenvalue weighted by Gasteiger charge is -2.32. The second kappa shape index (κ2) is 6.75. The van der Waals surface area contributed by atoms with Crippen molar-refractivity contribution in [1.29, 1.82) is 0 Å². The normalized spacial score (nSPS) is 16.5. The number of hydrogen-bond acceptors (Lipinski definition) is 4. The Bertz CT molecular complexity index is 789. The van der Waals surface area contributed by atoms with Crippen LogP contribution < -0.4 is 5.32 Å². The summed E-state index contributed by atoms with van der Waals surface area (Å²) in [5, 5.41) is 5.19. The van der Waals surface area contributed by atoms with Crippen molar-refractivity contribution in [3.8, 4) is 0 Å². The zero-order valence-electron chi connectivity index (χ0n) is 13.4. The number of aromatic nitrogens is 2. The summed E-state index contributed by atoms with van der Waals surface area (Å²) in [4.78, 5) is 22.2. The molecule has 0 atom stereocenters. The van der Waals surface area contributed by atoms with E-state index in [1.807, 2.05) is 29.8 Å². The Balaban J connectivity index is 1.29. The molecule has 1 fully saturated rings. The van der Waals surface area contributed by atoms with Gasteiger partial charge in [0.15, 0.2) is 0 Å². The Labute approximate surface area is 144 Å². The lowest BCUT2D eigenvalue weighted by molar-refractivity contribution is 0.0904. The zero-order valence-corrected chi connectivity index (χ0v) is 14.2. The third-order valence-electron chi connectivity index (χ3n) is 4.54. The average molecular weight is 340 g/mol. The average Bonchev–Trinajstić information content (AvgIpc) is 3.19. The number of nitrogens with zero attached hydrogens (tertiary/aromatic N) is 2.